The third-order valence-electron chi connectivity index (χ3n) is 4.39. The monoisotopic (exact) mass is 485 g/mol. The third-order valence-corrected chi connectivity index (χ3v) is 6.36. The Morgan fingerprint density at radius 3 is 2.88 bits per heavy atom. The van der Waals surface area contributed by atoms with E-state index in [9.17, 15) is 9.59 Å². The van der Waals surface area contributed by atoms with Crippen LogP contribution in [0.1, 0.15) is 16.1 Å². The highest BCUT2D eigenvalue weighted by atomic mass is 32.2. The Hall–Kier alpha value is -3.84. The Kier molecular flexibility index (Phi) is 5.95. The zero-order chi connectivity index (χ0) is 22.6. The first-order valence-electron chi connectivity index (χ1n) is 9.57. The van der Waals surface area contributed by atoms with Crippen molar-refractivity contribution in [2.24, 2.45) is 0 Å². The van der Waals surface area contributed by atoms with Gasteiger partial charge in [-0.2, -0.15) is 0 Å². The van der Waals surface area contributed by atoms with Gasteiger partial charge in [0.2, 0.25) is 23.6 Å². The van der Waals surface area contributed by atoms with Crippen molar-refractivity contribution in [1.29, 1.82) is 0 Å². The molecule has 2 N–H and O–H groups in total. The van der Waals surface area contributed by atoms with Crippen molar-refractivity contribution >= 4 is 40.0 Å². The van der Waals surface area contributed by atoms with E-state index in [-0.39, 0.29) is 29.3 Å². The molecule has 0 fully saturated rings. The van der Waals surface area contributed by atoms with Crippen LogP contribution in [0.15, 0.2) is 55.9 Å². The molecule has 3 aromatic heterocycles. The molecular formula is C20H15N5O6S2. The van der Waals surface area contributed by atoms with Crippen molar-refractivity contribution in [2.75, 3.05) is 17.9 Å². The SMILES string of the molecule is O=C(CSc1nnc(NC(=O)c2cc(-c3ccco3)on2)s1)NCc1ccc2c(c1)OCO2. The second-order valence-corrected chi connectivity index (χ2v) is 8.83. The minimum Gasteiger partial charge on any atom is -0.461 e. The number of nitrogens with one attached hydrogen (secondary N) is 2. The number of aromatic nitrogens is 3. The van der Waals surface area contributed by atoms with Crippen LogP contribution in [0, 0.1) is 0 Å². The highest BCUT2D eigenvalue weighted by Gasteiger charge is 2.18. The molecule has 1 aliphatic heterocycles. The number of thioether (sulfide) groups is 1. The number of anilines is 1. The maximum absolute atomic E-state index is 12.3. The minimum atomic E-state index is -0.495. The molecule has 13 heteroatoms. The highest BCUT2D eigenvalue weighted by molar-refractivity contribution is 8.01. The lowest BCUT2D eigenvalue weighted by Gasteiger charge is -2.05. The molecule has 0 aliphatic carbocycles. The molecule has 2 amide bonds. The second-order valence-electron chi connectivity index (χ2n) is 6.63. The van der Waals surface area contributed by atoms with E-state index in [2.05, 4.69) is 26.0 Å². The van der Waals surface area contributed by atoms with Gasteiger partial charge in [0, 0.05) is 12.6 Å². The molecule has 1 aliphatic rings. The van der Waals surface area contributed by atoms with Crippen molar-refractivity contribution in [3.8, 4) is 23.0 Å². The fourth-order valence-electron chi connectivity index (χ4n) is 2.83. The quantitative estimate of drug-likeness (QED) is 0.282. The standard InChI is InChI=1S/C20H15N5O6S2/c26-17(21-8-11-3-4-14-15(6-11)30-10-29-14)9-32-20-24-23-19(33-20)22-18(27)12-7-16(31-25-12)13-2-1-5-28-13/h1-7H,8-10H2,(H,21,26)(H,22,23,27). The summed E-state index contributed by atoms with van der Waals surface area (Å²) >= 11 is 2.37. The second kappa shape index (κ2) is 9.34. The molecule has 0 radical (unpaired) electrons. The highest BCUT2D eigenvalue weighted by Crippen LogP contribution is 2.32. The Balaban J connectivity index is 1.09. The summed E-state index contributed by atoms with van der Waals surface area (Å²) in [5, 5.41) is 17.4. The molecule has 0 saturated carbocycles. The van der Waals surface area contributed by atoms with Crippen LogP contribution in [-0.4, -0.2) is 39.7 Å². The average molecular weight is 486 g/mol. The van der Waals surface area contributed by atoms with Crippen molar-refractivity contribution in [2.45, 2.75) is 10.9 Å². The summed E-state index contributed by atoms with van der Waals surface area (Å²) in [6.07, 6.45) is 1.50. The summed E-state index contributed by atoms with van der Waals surface area (Å²) < 4.78 is 21.5. The summed E-state index contributed by atoms with van der Waals surface area (Å²) in [4.78, 5) is 24.5. The predicted molar refractivity (Wildman–Crippen MR) is 117 cm³/mol. The van der Waals surface area contributed by atoms with Crippen molar-refractivity contribution in [3.63, 3.8) is 0 Å². The Morgan fingerprint density at radius 2 is 2.00 bits per heavy atom. The minimum absolute atomic E-state index is 0.0775. The molecule has 168 valence electrons. The van der Waals surface area contributed by atoms with Gasteiger partial charge in [0.25, 0.3) is 5.91 Å². The Bertz CT molecular complexity index is 1290. The normalized spacial score (nSPS) is 12.0. The van der Waals surface area contributed by atoms with Crippen LogP contribution in [0.2, 0.25) is 0 Å². The summed E-state index contributed by atoms with van der Waals surface area (Å²) in [7, 11) is 0. The van der Waals surface area contributed by atoms with Crippen molar-refractivity contribution in [1.82, 2.24) is 20.7 Å². The average Bonchev–Trinajstić information content (AvgIpc) is 3.61. The first kappa shape index (κ1) is 21.0. The van der Waals surface area contributed by atoms with Crippen LogP contribution in [-0.2, 0) is 11.3 Å². The topological polar surface area (TPSA) is 142 Å². The molecule has 5 rings (SSSR count). The number of nitrogens with zero attached hydrogens (tertiary/aromatic N) is 3. The number of amides is 2. The first-order valence-corrected chi connectivity index (χ1v) is 11.4. The van der Waals surface area contributed by atoms with E-state index in [1.807, 2.05) is 18.2 Å². The molecule has 4 heterocycles. The van der Waals surface area contributed by atoms with Crippen molar-refractivity contribution in [3.05, 3.63) is 53.9 Å². The lowest BCUT2D eigenvalue weighted by Crippen LogP contribution is -2.24. The van der Waals surface area contributed by atoms with Crippen LogP contribution in [0.25, 0.3) is 11.5 Å². The lowest BCUT2D eigenvalue weighted by molar-refractivity contribution is -0.118. The van der Waals surface area contributed by atoms with Gasteiger partial charge in [0.1, 0.15) is 0 Å². The number of ether oxygens (including phenoxy) is 2. The molecule has 33 heavy (non-hydrogen) atoms. The smallest absolute Gasteiger partial charge is 0.279 e. The number of rotatable bonds is 8. The van der Waals surface area contributed by atoms with E-state index in [4.69, 9.17) is 18.4 Å². The van der Waals surface area contributed by atoms with Gasteiger partial charge in [-0.3, -0.25) is 14.9 Å². The van der Waals surface area contributed by atoms with Gasteiger partial charge in [-0.15, -0.1) is 10.2 Å². The van der Waals surface area contributed by atoms with Gasteiger partial charge in [0.05, 0.1) is 12.0 Å². The molecule has 0 spiro atoms. The van der Waals surface area contributed by atoms with Crippen LogP contribution < -0.4 is 20.1 Å². The molecule has 0 unspecified atom stereocenters. The van der Waals surface area contributed by atoms with E-state index in [0.717, 1.165) is 16.9 Å². The van der Waals surface area contributed by atoms with E-state index < -0.39 is 5.91 Å². The Labute approximate surface area is 194 Å². The van der Waals surface area contributed by atoms with E-state index in [1.165, 1.54) is 24.1 Å². The Morgan fingerprint density at radius 1 is 1.09 bits per heavy atom. The van der Waals surface area contributed by atoms with Gasteiger partial charge in [-0.25, -0.2) is 0 Å². The van der Waals surface area contributed by atoms with Crippen LogP contribution in [0.4, 0.5) is 5.13 Å². The van der Waals surface area contributed by atoms with Gasteiger partial charge in [-0.1, -0.05) is 34.3 Å². The molecule has 0 atom stereocenters. The maximum Gasteiger partial charge on any atom is 0.279 e. The molecule has 4 aromatic rings. The first-order chi connectivity index (χ1) is 16.1. The third kappa shape index (κ3) is 4.99. The number of hydrogen-bond acceptors (Lipinski definition) is 11. The number of carbonyl (C=O) groups excluding carboxylic acids is 2. The summed E-state index contributed by atoms with van der Waals surface area (Å²) in [5.41, 5.74) is 0.982. The van der Waals surface area contributed by atoms with Gasteiger partial charge >= 0.3 is 0 Å². The van der Waals surface area contributed by atoms with Gasteiger partial charge in [0.15, 0.2) is 27.3 Å². The fraction of sp³-hybridized carbons (Fsp3) is 0.150. The largest absolute Gasteiger partial charge is 0.461 e. The number of fused-ring (bicyclic) bond motifs is 1. The molecule has 1 aromatic carbocycles. The van der Waals surface area contributed by atoms with Crippen molar-refractivity contribution < 1.29 is 28.0 Å². The molecule has 0 saturated heterocycles. The fourth-order valence-corrected chi connectivity index (χ4v) is 4.40. The van der Waals surface area contributed by atoms with E-state index in [1.54, 1.807) is 12.1 Å². The van der Waals surface area contributed by atoms with Crippen LogP contribution >= 0.6 is 23.1 Å². The predicted octanol–water partition coefficient (Wildman–Crippen LogP) is 3.18. The van der Waals surface area contributed by atoms with Crippen LogP contribution in [0.5, 0.6) is 11.5 Å². The number of carbonyl (C=O) groups is 2. The van der Waals surface area contributed by atoms with Gasteiger partial charge in [-0.05, 0) is 29.8 Å². The lowest BCUT2D eigenvalue weighted by atomic mass is 10.2. The zero-order valence-corrected chi connectivity index (χ0v) is 18.4. The molecule has 0 bridgehead atoms. The van der Waals surface area contributed by atoms with Gasteiger partial charge < -0.3 is 23.7 Å². The maximum atomic E-state index is 12.3. The van der Waals surface area contributed by atoms with E-state index in [0.29, 0.717) is 33.9 Å². The zero-order valence-electron chi connectivity index (χ0n) is 16.8. The van der Waals surface area contributed by atoms with Crippen LogP contribution in [0.3, 0.4) is 0 Å². The summed E-state index contributed by atoms with van der Waals surface area (Å²) in [6, 6.07) is 10.4. The number of hydrogen-bond donors (Lipinski definition) is 2. The van der Waals surface area contributed by atoms with E-state index >= 15 is 0 Å². The summed E-state index contributed by atoms with van der Waals surface area (Å²) in [6.45, 7) is 0.571. The summed E-state index contributed by atoms with van der Waals surface area (Å²) in [5.74, 6) is 1.67. The number of benzene rings is 1. The molecule has 11 nitrogen and oxygen atoms in total. The number of furan rings is 1. The molecular weight excluding hydrogens is 470 g/mol.